The van der Waals surface area contributed by atoms with Gasteiger partial charge in [0.1, 0.15) is 11.2 Å². The number of aromatic nitrogens is 6. The highest BCUT2D eigenvalue weighted by Crippen LogP contribution is 2.44. The largest absolute Gasteiger partial charge is 0.309 e. The molecule has 0 aliphatic heterocycles. The van der Waals surface area contributed by atoms with E-state index in [4.69, 9.17) is 9.97 Å². The Labute approximate surface area is 267 Å². The van der Waals surface area contributed by atoms with E-state index in [1.54, 1.807) is 0 Å². The summed E-state index contributed by atoms with van der Waals surface area (Å²) in [6.45, 7) is 0. The first-order valence-corrected chi connectivity index (χ1v) is 15.8. The van der Waals surface area contributed by atoms with Gasteiger partial charge in [-0.15, -0.1) is 0 Å². The van der Waals surface area contributed by atoms with Crippen molar-refractivity contribution < 1.29 is 0 Å². The molecule has 0 saturated carbocycles. The van der Waals surface area contributed by atoms with Crippen molar-refractivity contribution in [2.75, 3.05) is 0 Å². The number of pyridine rings is 3. The van der Waals surface area contributed by atoms with Crippen LogP contribution in [0.25, 0.3) is 93.5 Å². The number of hydrogen-bond donors (Lipinski definition) is 0. The minimum Gasteiger partial charge on any atom is -0.309 e. The monoisotopic (exact) mass is 600 g/mol. The van der Waals surface area contributed by atoms with Gasteiger partial charge in [-0.2, -0.15) is 0 Å². The van der Waals surface area contributed by atoms with Crippen LogP contribution in [0.2, 0.25) is 0 Å². The fourth-order valence-corrected chi connectivity index (χ4v) is 7.84. The lowest BCUT2D eigenvalue weighted by Gasteiger charge is -2.11. The molecule has 0 aliphatic carbocycles. The van der Waals surface area contributed by atoms with Crippen molar-refractivity contribution in [3.05, 3.63) is 146 Å². The van der Waals surface area contributed by atoms with Crippen molar-refractivity contribution in [3.63, 3.8) is 0 Å². The summed E-state index contributed by atoms with van der Waals surface area (Å²) in [6.07, 6.45) is 5.56. The Morgan fingerprint density at radius 1 is 0.447 bits per heavy atom. The van der Waals surface area contributed by atoms with Crippen LogP contribution < -0.4 is 0 Å². The van der Waals surface area contributed by atoms with Crippen LogP contribution in [0.3, 0.4) is 0 Å². The molecule has 0 N–H and O–H groups in total. The average molecular weight is 601 g/mol. The van der Waals surface area contributed by atoms with Gasteiger partial charge in [0.25, 0.3) is 0 Å². The van der Waals surface area contributed by atoms with Gasteiger partial charge in [0, 0.05) is 56.1 Å². The van der Waals surface area contributed by atoms with Gasteiger partial charge in [-0.1, -0.05) is 54.6 Å². The van der Waals surface area contributed by atoms with Gasteiger partial charge in [-0.25, -0.2) is 4.98 Å². The Morgan fingerprint density at radius 3 is 1.91 bits per heavy atom. The quantitative estimate of drug-likeness (QED) is 0.186. The second kappa shape index (κ2) is 9.02. The number of nitrogens with zero attached hydrogens (tertiary/aromatic N) is 6. The Balaban J connectivity index is 1.42. The maximum atomic E-state index is 5.16. The van der Waals surface area contributed by atoms with Crippen molar-refractivity contribution in [1.82, 2.24) is 28.5 Å². The molecule has 6 nitrogen and oxygen atoms in total. The Kier molecular flexibility index (Phi) is 4.75. The molecule has 0 saturated heterocycles. The summed E-state index contributed by atoms with van der Waals surface area (Å²) in [5, 5.41) is 7.02. The molecule has 0 amide bonds. The molecule has 0 unspecified atom stereocenters. The maximum Gasteiger partial charge on any atom is 0.146 e. The Morgan fingerprint density at radius 2 is 1.13 bits per heavy atom. The van der Waals surface area contributed by atoms with Crippen molar-refractivity contribution >= 4 is 82.1 Å². The molecule has 0 aliphatic rings. The van der Waals surface area contributed by atoms with Crippen molar-refractivity contribution in [2.45, 2.75) is 0 Å². The number of rotatable bonds is 2. The first-order valence-electron chi connectivity index (χ1n) is 15.8. The van der Waals surface area contributed by atoms with E-state index in [9.17, 15) is 0 Å². The first-order chi connectivity index (χ1) is 23.3. The summed E-state index contributed by atoms with van der Waals surface area (Å²) >= 11 is 0. The maximum absolute atomic E-state index is 5.16. The van der Waals surface area contributed by atoms with E-state index in [0.717, 1.165) is 60.9 Å². The van der Waals surface area contributed by atoms with Crippen molar-refractivity contribution in [1.29, 1.82) is 0 Å². The molecule has 5 aromatic carbocycles. The SMILES string of the molecule is c1ccc(-n2c3ccccc3c3c4c5cc6c(cc5n(-c5ccccc5)c4ccc32)c2ncccc2n2c3ccncc3nc62)cc1. The standard InChI is InChI=1S/C41H24N6/c1-3-10-25(11-4-1)45-32-15-8-7-14-27(32)38-34(45)17-18-35-39(38)30-22-29-28(23-37(30)46(35)26-12-5-2-6-13-26)40-36(16-9-20-43-40)47-33-19-21-42-24-31(33)44-41(29)47/h1-24H. The van der Waals surface area contributed by atoms with Crippen molar-refractivity contribution in [3.8, 4) is 11.4 Å². The van der Waals surface area contributed by atoms with Crippen LogP contribution in [0.15, 0.2) is 146 Å². The number of imidazole rings is 1. The van der Waals surface area contributed by atoms with E-state index in [0.29, 0.717) is 0 Å². The average Bonchev–Trinajstić information content (AvgIpc) is 3.79. The number of hydrogen-bond acceptors (Lipinski definition) is 3. The Bertz CT molecular complexity index is 3060. The van der Waals surface area contributed by atoms with Crippen LogP contribution >= 0.6 is 0 Å². The third-order valence-electron chi connectivity index (χ3n) is 9.71. The topological polar surface area (TPSA) is 52.9 Å². The smallest absolute Gasteiger partial charge is 0.146 e. The highest BCUT2D eigenvalue weighted by Gasteiger charge is 2.23. The van der Waals surface area contributed by atoms with E-state index in [1.165, 1.54) is 32.6 Å². The molecule has 0 fully saturated rings. The second-order valence-corrected chi connectivity index (χ2v) is 12.1. The molecular weight excluding hydrogens is 576 g/mol. The molecular formula is C41H24N6. The molecule has 6 heterocycles. The van der Waals surface area contributed by atoms with Gasteiger partial charge in [0.05, 0.1) is 44.8 Å². The lowest BCUT2D eigenvalue weighted by Crippen LogP contribution is -1.95. The highest BCUT2D eigenvalue weighted by molar-refractivity contribution is 6.31. The molecule has 0 spiro atoms. The van der Waals surface area contributed by atoms with E-state index in [2.05, 4.69) is 134 Å². The fraction of sp³-hybridized carbons (Fsp3) is 0. The minimum atomic E-state index is 0.866. The van der Waals surface area contributed by atoms with Crippen LogP contribution in [0, 0.1) is 0 Å². The second-order valence-electron chi connectivity index (χ2n) is 12.1. The van der Waals surface area contributed by atoms with Gasteiger partial charge >= 0.3 is 0 Å². The predicted octanol–water partition coefficient (Wildman–Crippen LogP) is 9.78. The van der Waals surface area contributed by atoms with Crippen LogP contribution in [0.5, 0.6) is 0 Å². The molecule has 0 atom stereocenters. The number of benzene rings is 5. The summed E-state index contributed by atoms with van der Waals surface area (Å²) in [5.74, 6) is 0. The van der Waals surface area contributed by atoms with E-state index >= 15 is 0 Å². The number of para-hydroxylation sites is 3. The molecule has 6 aromatic heterocycles. The first kappa shape index (κ1) is 24.8. The van der Waals surface area contributed by atoms with Crippen LogP contribution in [-0.2, 0) is 0 Å². The van der Waals surface area contributed by atoms with Gasteiger partial charge in [0.15, 0.2) is 0 Å². The van der Waals surface area contributed by atoms with Gasteiger partial charge in [-0.3, -0.25) is 14.4 Å². The zero-order valence-corrected chi connectivity index (χ0v) is 25.0. The molecule has 0 radical (unpaired) electrons. The third-order valence-corrected chi connectivity index (χ3v) is 9.71. The zero-order valence-electron chi connectivity index (χ0n) is 25.0. The Hall–Kier alpha value is -6.53. The molecule has 0 bridgehead atoms. The van der Waals surface area contributed by atoms with E-state index < -0.39 is 0 Å². The van der Waals surface area contributed by atoms with Crippen LogP contribution in [0.1, 0.15) is 0 Å². The summed E-state index contributed by atoms with van der Waals surface area (Å²) in [6, 6.07) is 45.5. The lowest BCUT2D eigenvalue weighted by molar-refractivity contribution is 1.17. The lowest BCUT2D eigenvalue weighted by atomic mass is 10.0. The molecule has 47 heavy (non-hydrogen) atoms. The summed E-state index contributed by atoms with van der Waals surface area (Å²) in [7, 11) is 0. The van der Waals surface area contributed by atoms with E-state index in [1.807, 2.05) is 30.7 Å². The summed E-state index contributed by atoms with van der Waals surface area (Å²) < 4.78 is 7.03. The zero-order chi connectivity index (χ0) is 30.6. The summed E-state index contributed by atoms with van der Waals surface area (Å²) in [5.41, 5.74) is 11.7. The highest BCUT2D eigenvalue weighted by atomic mass is 15.0. The normalized spacial score (nSPS) is 12.3. The molecule has 6 heteroatoms. The molecule has 11 rings (SSSR count). The van der Waals surface area contributed by atoms with Gasteiger partial charge in [0.2, 0.25) is 0 Å². The van der Waals surface area contributed by atoms with Gasteiger partial charge < -0.3 is 9.13 Å². The third kappa shape index (κ3) is 3.21. The number of fused-ring (bicyclic) bond motifs is 15. The fourth-order valence-electron chi connectivity index (χ4n) is 7.84. The minimum absolute atomic E-state index is 0.866. The van der Waals surface area contributed by atoms with Crippen LogP contribution in [0.4, 0.5) is 0 Å². The van der Waals surface area contributed by atoms with Crippen molar-refractivity contribution in [2.24, 2.45) is 0 Å². The summed E-state index contributed by atoms with van der Waals surface area (Å²) in [4.78, 5) is 14.5. The molecule has 11 aromatic rings. The van der Waals surface area contributed by atoms with E-state index in [-0.39, 0.29) is 0 Å². The van der Waals surface area contributed by atoms with Gasteiger partial charge in [-0.05, 0) is 72.8 Å². The van der Waals surface area contributed by atoms with Crippen LogP contribution in [-0.4, -0.2) is 28.5 Å². The predicted molar refractivity (Wildman–Crippen MR) is 192 cm³/mol. The molecule has 218 valence electrons.